The topological polar surface area (TPSA) is 42.2 Å². The predicted octanol–water partition coefficient (Wildman–Crippen LogP) is 5.45. The number of nitriles is 1. The second-order valence-corrected chi connectivity index (χ2v) is 6.83. The van der Waals surface area contributed by atoms with Crippen LogP contribution in [0.2, 0.25) is 0 Å². The highest BCUT2D eigenvalue weighted by molar-refractivity contribution is 9.10. The smallest absolute Gasteiger partial charge is 0.175 e. The van der Waals surface area contributed by atoms with Crippen LogP contribution in [0.3, 0.4) is 0 Å². The van der Waals surface area contributed by atoms with E-state index >= 15 is 0 Å². The van der Waals surface area contributed by atoms with Crippen LogP contribution in [0, 0.1) is 16.7 Å². The predicted molar refractivity (Wildman–Crippen MR) is 92.1 cm³/mol. The van der Waals surface area contributed by atoms with Gasteiger partial charge >= 0.3 is 0 Å². The molecular weight excluding hydrogens is 398 g/mol. The van der Waals surface area contributed by atoms with Crippen molar-refractivity contribution in [1.82, 2.24) is 0 Å². The lowest BCUT2D eigenvalue weighted by molar-refractivity contribution is 0.258. The minimum absolute atomic E-state index is 0.302. The molecule has 0 atom stereocenters. The lowest BCUT2D eigenvalue weighted by Gasteiger charge is -2.17. The van der Waals surface area contributed by atoms with Crippen LogP contribution in [0.15, 0.2) is 16.6 Å². The first-order valence-electron chi connectivity index (χ1n) is 6.98. The fourth-order valence-electron chi connectivity index (χ4n) is 1.85. The highest BCUT2D eigenvalue weighted by atomic mass is 79.9. The summed E-state index contributed by atoms with van der Waals surface area (Å²) in [6, 6.07) is 6.31. The molecule has 0 aromatic heterocycles. The zero-order valence-electron chi connectivity index (χ0n) is 12.7. The molecule has 3 nitrogen and oxygen atoms in total. The van der Waals surface area contributed by atoms with Crippen molar-refractivity contribution < 1.29 is 9.47 Å². The third-order valence-electron chi connectivity index (χ3n) is 3.02. The average molecular weight is 419 g/mol. The van der Waals surface area contributed by atoms with E-state index in [9.17, 15) is 0 Å². The van der Waals surface area contributed by atoms with E-state index in [0.29, 0.717) is 13.2 Å². The van der Waals surface area contributed by atoms with Crippen molar-refractivity contribution in [2.75, 3.05) is 13.2 Å². The van der Waals surface area contributed by atoms with Crippen molar-refractivity contribution in [1.29, 1.82) is 5.26 Å². The van der Waals surface area contributed by atoms with Gasteiger partial charge in [-0.2, -0.15) is 5.26 Å². The SMILES string of the molecule is CCOc1cc(CBr)cc(Br)c1OCCCC(C)(C)C#N. The minimum Gasteiger partial charge on any atom is -0.490 e. The van der Waals surface area contributed by atoms with Crippen LogP contribution in [0.4, 0.5) is 0 Å². The molecule has 21 heavy (non-hydrogen) atoms. The van der Waals surface area contributed by atoms with Crippen LogP contribution >= 0.6 is 31.9 Å². The lowest BCUT2D eigenvalue weighted by atomic mass is 9.90. The van der Waals surface area contributed by atoms with Gasteiger partial charge in [0.15, 0.2) is 11.5 Å². The Balaban J connectivity index is 2.72. The maximum absolute atomic E-state index is 9.00. The summed E-state index contributed by atoms with van der Waals surface area (Å²) in [4.78, 5) is 0. The Morgan fingerprint density at radius 1 is 1.29 bits per heavy atom. The van der Waals surface area contributed by atoms with E-state index in [2.05, 4.69) is 37.9 Å². The molecule has 0 radical (unpaired) electrons. The standard InChI is InChI=1S/C16H21Br2NO2/c1-4-20-14-9-12(10-17)8-13(18)15(14)21-7-5-6-16(2,3)11-19/h8-9H,4-7,10H2,1-3H3. The summed E-state index contributed by atoms with van der Waals surface area (Å²) < 4.78 is 12.4. The Labute approximate surface area is 143 Å². The summed E-state index contributed by atoms with van der Waals surface area (Å²) in [5.41, 5.74) is 0.826. The second-order valence-electron chi connectivity index (χ2n) is 5.42. The van der Waals surface area contributed by atoms with Gasteiger partial charge in [-0.1, -0.05) is 15.9 Å². The van der Waals surface area contributed by atoms with Gasteiger partial charge in [-0.05, 0) is 67.2 Å². The molecule has 1 aromatic rings. The number of alkyl halides is 1. The van der Waals surface area contributed by atoms with Crippen molar-refractivity contribution in [3.05, 3.63) is 22.2 Å². The Hall–Kier alpha value is -0.730. The summed E-state index contributed by atoms with van der Waals surface area (Å²) in [6.45, 7) is 7.00. The molecule has 0 fully saturated rings. The molecule has 0 aliphatic heterocycles. The first kappa shape index (κ1) is 18.3. The van der Waals surface area contributed by atoms with E-state index in [1.165, 1.54) is 0 Å². The summed E-state index contributed by atoms with van der Waals surface area (Å²) in [5.74, 6) is 1.48. The van der Waals surface area contributed by atoms with E-state index < -0.39 is 0 Å². The summed E-state index contributed by atoms with van der Waals surface area (Å²) >= 11 is 6.98. The fraction of sp³-hybridized carbons (Fsp3) is 0.562. The van der Waals surface area contributed by atoms with Gasteiger partial charge in [-0.15, -0.1) is 0 Å². The zero-order chi connectivity index (χ0) is 15.9. The van der Waals surface area contributed by atoms with Crippen molar-refractivity contribution in [2.45, 2.75) is 38.9 Å². The number of hydrogen-bond donors (Lipinski definition) is 0. The average Bonchev–Trinajstić information content (AvgIpc) is 2.45. The molecule has 0 bridgehead atoms. The number of ether oxygens (including phenoxy) is 2. The van der Waals surface area contributed by atoms with Crippen molar-refractivity contribution in [3.8, 4) is 17.6 Å². The van der Waals surface area contributed by atoms with E-state index in [-0.39, 0.29) is 5.41 Å². The molecule has 0 N–H and O–H groups in total. The highest BCUT2D eigenvalue weighted by Gasteiger charge is 2.17. The molecule has 0 saturated carbocycles. The van der Waals surface area contributed by atoms with Gasteiger partial charge in [0.2, 0.25) is 0 Å². The first-order valence-corrected chi connectivity index (χ1v) is 8.90. The minimum atomic E-state index is -0.302. The third-order valence-corrected chi connectivity index (χ3v) is 4.26. The van der Waals surface area contributed by atoms with Gasteiger partial charge in [0.1, 0.15) is 0 Å². The summed E-state index contributed by atoms with van der Waals surface area (Å²) in [6.07, 6.45) is 1.64. The van der Waals surface area contributed by atoms with E-state index in [0.717, 1.165) is 39.7 Å². The molecule has 0 spiro atoms. The van der Waals surface area contributed by atoms with Crippen LogP contribution in [-0.2, 0) is 5.33 Å². The Bertz CT molecular complexity index is 510. The van der Waals surface area contributed by atoms with Crippen molar-refractivity contribution in [3.63, 3.8) is 0 Å². The van der Waals surface area contributed by atoms with E-state index in [4.69, 9.17) is 14.7 Å². The molecule has 0 aliphatic carbocycles. The van der Waals surface area contributed by atoms with E-state index in [1.54, 1.807) is 0 Å². The molecular formula is C16H21Br2NO2. The van der Waals surface area contributed by atoms with Gasteiger partial charge in [-0.25, -0.2) is 0 Å². The summed E-state index contributed by atoms with van der Waals surface area (Å²) in [5, 5.41) is 9.77. The molecule has 0 heterocycles. The maximum Gasteiger partial charge on any atom is 0.175 e. The number of nitrogens with zero attached hydrogens (tertiary/aromatic N) is 1. The monoisotopic (exact) mass is 417 g/mol. The molecule has 0 unspecified atom stereocenters. The van der Waals surface area contributed by atoms with Gasteiger partial charge in [0.25, 0.3) is 0 Å². The van der Waals surface area contributed by atoms with E-state index in [1.807, 2.05) is 32.9 Å². The van der Waals surface area contributed by atoms with Crippen LogP contribution in [0.25, 0.3) is 0 Å². The normalized spacial score (nSPS) is 11.0. The molecule has 0 aliphatic rings. The van der Waals surface area contributed by atoms with Crippen LogP contribution < -0.4 is 9.47 Å². The Morgan fingerprint density at radius 3 is 2.57 bits per heavy atom. The molecule has 116 valence electrons. The zero-order valence-corrected chi connectivity index (χ0v) is 15.9. The number of rotatable bonds is 8. The first-order chi connectivity index (χ1) is 9.93. The largest absolute Gasteiger partial charge is 0.490 e. The van der Waals surface area contributed by atoms with Crippen LogP contribution in [0.1, 0.15) is 39.2 Å². The Morgan fingerprint density at radius 2 is 2.00 bits per heavy atom. The second kappa shape index (κ2) is 8.65. The highest BCUT2D eigenvalue weighted by Crippen LogP contribution is 2.37. The van der Waals surface area contributed by atoms with Gasteiger partial charge in [-0.3, -0.25) is 0 Å². The van der Waals surface area contributed by atoms with Crippen molar-refractivity contribution >= 4 is 31.9 Å². The van der Waals surface area contributed by atoms with Crippen LogP contribution in [-0.4, -0.2) is 13.2 Å². The number of benzene rings is 1. The van der Waals surface area contributed by atoms with Gasteiger partial charge < -0.3 is 9.47 Å². The number of halogens is 2. The lowest BCUT2D eigenvalue weighted by Crippen LogP contribution is -2.10. The molecule has 1 rings (SSSR count). The van der Waals surface area contributed by atoms with Crippen molar-refractivity contribution in [2.24, 2.45) is 5.41 Å². The fourth-order valence-corrected chi connectivity index (χ4v) is 2.77. The third kappa shape index (κ3) is 5.88. The van der Waals surface area contributed by atoms with Gasteiger partial charge in [0, 0.05) is 5.33 Å². The summed E-state index contributed by atoms with van der Waals surface area (Å²) in [7, 11) is 0. The molecule has 0 amide bonds. The quantitative estimate of drug-likeness (QED) is 0.416. The van der Waals surface area contributed by atoms with Crippen LogP contribution in [0.5, 0.6) is 11.5 Å². The van der Waals surface area contributed by atoms with Gasteiger partial charge in [0.05, 0.1) is 29.2 Å². The molecule has 0 saturated heterocycles. The number of hydrogen-bond acceptors (Lipinski definition) is 3. The molecule has 1 aromatic carbocycles. The maximum atomic E-state index is 9.00. The Kier molecular flexibility index (Phi) is 7.55. The molecule has 5 heteroatoms.